The van der Waals surface area contributed by atoms with E-state index in [4.69, 9.17) is 4.74 Å². The smallest absolute Gasteiger partial charge is 0.185 e. The van der Waals surface area contributed by atoms with Crippen LogP contribution in [-0.4, -0.2) is 12.4 Å². The van der Waals surface area contributed by atoms with E-state index in [0.29, 0.717) is 5.56 Å². The number of aryl methyl sites for hydroxylation is 1. The number of carbonyl (C=O) groups is 1. The van der Waals surface area contributed by atoms with Crippen molar-refractivity contribution in [3.05, 3.63) is 68.8 Å². The molecule has 0 atom stereocenters. The molecule has 0 N–H and O–H groups in total. The largest absolute Gasteiger partial charge is 0.493 e. The topological polar surface area (TPSA) is 26.3 Å². The maximum Gasteiger partial charge on any atom is 0.185 e. The third-order valence-corrected chi connectivity index (χ3v) is 4.21. The van der Waals surface area contributed by atoms with Crippen LogP contribution in [0, 0.1) is 3.57 Å². The van der Waals surface area contributed by atoms with Gasteiger partial charge in [-0.1, -0.05) is 24.3 Å². The quantitative estimate of drug-likeness (QED) is 0.438. The van der Waals surface area contributed by atoms with Crippen molar-refractivity contribution in [1.82, 2.24) is 0 Å². The van der Waals surface area contributed by atoms with Gasteiger partial charge in [0, 0.05) is 9.13 Å². The Morgan fingerprint density at radius 3 is 2.76 bits per heavy atom. The van der Waals surface area contributed by atoms with E-state index in [-0.39, 0.29) is 5.78 Å². The Kier molecular flexibility index (Phi) is 4.39. The summed E-state index contributed by atoms with van der Waals surface area (Å²) in [6, 6.07) is 13.7. The van der Waals surface area contributed by atoms with Gasteiger partial charge in [-0.15, -0.1) is 0 Å². The fourth-order valence-corrected chi connectivity index (χ4v) is 2.73. The molecule has 0 bridgehead atoms. The van der Waals surface area contributed by atoms with E-state index in [0.717, 1.165) is 34.3 Å². The highest BCUT2D eigenvalue weighted by atomic mass is 127. The van der Waals surface area contributed by atoms with E-state index in [1.54, 1.807) is 6.08 Å². The predicted octanol–water partition coefficient (Wildman–Crippen LogP) is 4.51. The van der Waals surface area contributed by atoms with Gasteiger partial charge in [0.1, 0.15) is 5.75 Å². The molecule has 2 nitrogen and oxygen atoms in total. The molecule has 106 valence electrons. The maximum atomic E-state index is 12.1. The molecule has 0 unspecified atom stereocenters. The normalized spacial score (nSPS) is 13.8. The molecule has 0 saturated carbocycles. The van der Waals surface area contributed by atoms with E-state index >= 15 is 0 Å². The number of benzene rings is 2. The summed E-state index contributed by atoms with van der Waals surface area (Å²) >= 11 is 2.23. The molecule has 1 aliphatic rings. The van der Waals surface area contributed by atoms with Gasteiger partial charge >= 0.3 is 0 Å². The lowest BCUT2D eigenvalue weighted by atomic mass is 10.0. The molecule has 0 spiro atoms. The lowest BCUT2D eigenvalue weighted by Gasteiger charge is -2.17. The summed E-state index contributed by atoms with van der Waals surface area (Å²) in [5, 5.41) is 0. The van der Waals surface area contributed by atoms with Crippen LogP contribution in [0.5, 0.6) is 5.75 Å². The summed E-state index contributed by atoms with van der Waals surface area (Å²) < 4.78 is 6.72. The Morgan fingerprint density at radius 2 is 1.95 bits per heavy atom. The fourth-order valence-electron chi connectivity index (χ4n) is 2.37. The summed E-state index contributed by atoms with van der Waals surface area (Å²) in [4.78, 5) is 12.1. The van der Waals surface area contributed by atoms with E-state index in [9.17, 15) is 4.79 Å². The van der Waals surface area contributed by atoms with Crippen molar-refractivity contribution in [2.24, 2.45) is 0 Å². The first-order valence-corrected chi connectivity index (χ1v) is 8.04. The van der Waals surface area contributed by atoms with Crippen LogP contribution < -0.4 is 4.74 Å². The van der Waals surface area contributed by atoms with Gasteiger partial charge in [-0.2, -0.15) is 0 Å². The minimum Gasteiger partial charge on any atom is -0.493 e. The molecular weight excluding hydrogens is 375 g/mol. The molecule has 2 aromatic rings. The fraction of sp³-hybridized carbons (Fsp3) is 0.167. The van der Waals surface area contributed by atoms with Crippen molar-refractivity contribution < 1.29 is 9.53 Å². The van der Waals surface area contributed by atoms with Gasteiger partial charge < -0.3 is 4.74 Å². The molecule has 0 aromatic heterocycles. The Bertz CT molecular complexity index is 687. The molecule has 3 rings (SSSR count). The van der Waals surface area contributed by atoms with Crippen LogP contribution in [0.2, 0.25) is 0 Å². The highest BCUT2D eigenvalue weighted by molar-refractivity contribution is 14.1. The zero-order chi connectivity index (χ0) is 14.7. The maximum absolute atomic E-state index is 12.1. The molecule has 3 heteroatoms. The summed E-state index contributed by atoms with van der Waals surface area (Å²) in [5.41, 5.74) is 2.98. The highest BCUT2D eigenvalue weighted by Crippen LogP contribution is 2.26. The van der Waals surface area contributed by atoms with Gasteiger partial charge in [0.2, 0.25) is 0 Å². The lowest BCUT2D eigenvalue weighted by Crippen LogP contribution is -2.08. The molecule has 0 aliphatic carbocycles. The number of allylic oxidation sites excluding steroid dienone is 1. The molecule has 1 aliphatic heterocycles. The van der Waals surface area contributed by atoms with Gasteiger partial charge in [-0.05, 0) is 76.9 Å². The number of halogens is 1. The molecule has 0 fully saturated rings. The molecule has 21 heavy (non-hydrogen) atoms. The van der Waals surface area contributed by atoms with Crippen molar-refractivity contribution in [3.63, 3.8) is 0 Å². The number of ether oxygens (including phenoxy) is 1. The summed E-state index contributed by atoms with van der Waals surface area (Å²) in [6.45, 7) is 0.799. The first-order valence-electron chi connectivity index (χ1n) is 6.96. The standard InChI is InChI=1S/C18H15IO2/c19-16-7-5-14(6-8-16)17(20)9-3-13-4-10-18-15(12-13)2-1-11-21-18/h3-10,12H,1-2,11H2/b9-3+. The predicted molar refractivity (Wildman–Crippen MR) is 92.8 cm³/mol. The average Bonchev–Trinajstić information content (AvgIpc) is 2.53. The van der Waals surface area contributed by atoms with Crippen LogP contribution in [0.15, 0.2) is 48.5 Å². The molecule has 0 amide bonds. The van der Waals surface area contributed by atoms with Gasteiger partial charge in [-0.25, -0.2) is 0 Å². The first-order chi connectivity index (χ1) is 10.2. The van der Waals surface area contributed by atoms with E-state index < -0.39 is 0 Å². The summed E-state index contributed by atoms with van der Waals surface area (Å²) in [6.07, 6.45) is 5.60. The van der Waals surface area contributed by atoms with E-state index in [1.165, 1.54) is 5.56 Å². The molecular formula is C18H15IO2. The van der Waals surface area contributed by atoms with Gasteiger partial charge in [-0.3, -0.25) is 4.79 Å². The Labute approximate surface area is 138 Å². The van der Waals surface area contributed by atoms with Crippen molar-refractivity contribution in [3.8, 4) is 5.75 Å². The number of hydrogen-bond donors (Lipinski definition) is 0. The zero-order valence-electron chi connectivity index (χ0n) is 11.5. The number of hydrogen-bond acceptors (Lipinski definition) is 2. The van der Waals surface area contributed by atoms with Crippen molar-refractivity contribution in [2.45, 2.75) is 12.8 Å². The zero-order valence-corrected chi connectivity index (χ0v) is 13.7. The number of ketones is 1. The minimum atomic E-state index is 0.0281. The lowest BCUT2D eigenvalue weighted by molar-refractivity contribution is 0.104. The Hall–Kier alpha value is -1.62. The van der Waals surface area contributed by atoms with Crippen molar-refractivity contribution >= 4 is 34.5 Å². The average molecular weight is 390 g/mol. The van der Waals surface area contributed by atoms with Crippen LogP contribution in [0.25, 0.3) is 6.08 Å². The minimum absolute atomic E-state index is 0.0281. The number of rotatable bonds is 3. The molecule has 0 saturated heterocycles. The first kappa shape index (κ1) is 14.3. The number of fused-ring (bicyclic) bond motifs is 1. The van der Waals surface area contributed by atoms with E-state index in [1.807, 2.05) is 42.5 Å². The second-order valence-corrected chi connectivity index (χ2v) is 6.27. The van der Waals surface area contributed by atoms with Crippen molar-refractivity contribution in [1.29, 1.82) is 0 Å². The second kappa shape index (κ2) is 6.43. The monoisotopic (exact) mass is 390 g/mol. The van der Waals surface area contributed by atoms with Crippen LogP contribution in [0.3, 0.4) is 0 Å². The van der Waals surface area contributed by atoms with Crippen LogP contribution in [0.4, 0.5) is 0 Å². The van der Waals surface area contributed by atoms with Gasteiger partial charge in [0.15, 0.2) is 5.78 Å². The Morgan fingerprint density at radius 1 is 1.14 bits per heavy atom. The van der Waals surface area contributed by atoms with Gasteiger partial charge in [0.25, 0.3) is 0 Å². The number of carbonyl (C=O) groups excluding carboxylic acids is 1. The second-order valence-electron chi connectivity index (χ2n) is 5.02. The molecule has 1 heterocycles. The third-order valence-electron chi connectivity index (χ3n) is 3.49. The third kappa shape index (κ3) is 3.53. The molecule has 0 radical (unpaired) electrons. The van der Waals surface area contributed by atoms with E-state index in [2.05, 4.69) is 28.7 Å². The van der Waals surface area contributed by atoms with Crippen LogP contribution in [-0.2, 0) is 6.42 Å². The van der Waals surface area contributed by atoms with Gasteiger partial charge in [0.05, 0.1) is 6.61 Å². The Balaban J connectivity index is 1.76. The summed E-state index contributed by atoms with van der Waals surface area (Å²) in [7, 11) is 0. The SMILES string of the molecule is O=C(/C=C/c1ccc2c(c1)CCCO2)c1ccc(I)cc1. The summed E-state index contributed by atoms with van der Waals surface area (Å²) in [5.74, 6) is 1.00. The van der Waals surface area contributed by atoms with Crippen LogP contribution in [0.1, 0.15) is 27.9 Å². The molecule has 2 aromatic carbocycles. The van der Waals surface area contributed by atoms with Crippen LogP contribution >= 0.6 is 22.6 Å². The highest BCUT2D eigenvalue weighted by Gasteiger charge is 2.09. The van der Waals surface area contributed by atoms with Crippen molar-refractivity contribution in [2.75, 3.05) is 6.61 Å².